The van der Waals surface area contributed by atoms with Crippen LogP contribution in [-0.4, -0.2) is 5.11 Å². The van der Waals surface area contributed by atoms with Gasteiger partial charge < -0.3 is 5.11 Å². The smallest absolute Gasteiger partial charge is 0.275 e. The summed E-state index contributed by atoms with van der Waals surface area (Å²) in [5.74, 6) is -0.222. The fourth-order valence-corrected chi connectivity index (χ4v) is 1.92. The van der Waals surface area contributed by atoms with Crippen molar-refractivity contribution < 1.29 is 5.11 Å². The van der Waals surface area contributed by atoms with Crippen molar-refractivity contribution in [2.75, 3.05) is 0 Å². The number of aromatic hydroxyl groups is 1. The third-order valence-corrected chi connectivity index (χ3v) is 3.97. The molecular formula is C5H2Br2O2S. The summed E-state index contributed by atoms with van der Waals surface area (Å²) in [5.41, 5.74) is 0. The molecule has 0 radical (unpaired) electrons. The Bertz CT molecular complexity index is 307. The molecule has 0 spiro atoms. The molecule has 0 aliphatic rings. The van der Waals surface area contributed by atoms with Crippen molar-refractivity contribution in [1.29, 1.82) is 0 Å². The molecule has 0 aliphatic carbocycles. The van der Waals surface area contributed by atoms with Crippen molar-refractivity contribution in [3.05, 3.63) is 23.9 Å². The molecule has 0 aromatic carbocycles. The largest absolute Gasteiger partial charge is 0.503 e. The number of halogens is 2. The second-order valence-corrected chi connectivity index (χ2v) is 4.70. The quantitative estimate of drug-likeness (QED) is 0.794. The van der Waals surface area contributed by atoms with Crippen molar-refractivity contribution in [2.45, 2.75) is 0 Å². The van der Waals surface area contributed by atoms with Gasteiger partial charge >= 0.3 is 0 Å². The molecule has 1 rings (SSSR count). The summed E-state index contributed by atoms with van der Waals surface area (Å²) in [7, 11) is 0. The maximum atomic E-state index is 10.7. The molecule has 1 heterocycles. The number of hydrogen-bond donors (Lipinski definition) is 1. The van der Waals surface area contributed by atoms with E-state index in [1.54, 1.807) is 0 Å². The first-order valence-electron chi connectivity index (χ1n) is 2.29. The van der Waals surface area contributed by atoms with Crippen molar-refractivity contribution in [2.24, 2.45) is 0 Å². The van der Waals surface area contributed by atoms with E-state index in [2.05, 4.69) is 31.9 Å². The molecule has 5 heteroatoms. The third-order valence-electron chi connectivity index (χ3n) is 0.843. The van der Waals surface area contributed by atoms with E-state index in [4.69, 9.17) is 5.11 Å². The van der Waals surface area contributed by atoms with Gasteiger partial charge in [-0.05, 0) is 31.9 Å². The SMILES string of the molecule is O=c1sc(Br)c(Br)cc1O. The van der Waals surface area contributed by atoms with Crippen LogP contribution >= 0.6 is 43.2 Å². The van der Waals surface area contributed by atoms with Gasteiger partial charge in [0.1, 0.15) is 0 Å². The molecule has 0 fully saturated rings. The van der Waals surface area contributed by atoms with Gasteiger partial charge in [0, 0.05) is 10.5 Å². The van der Waals surface area contributed by atoms with E-state index in [1.165, 1.54) is 6.07 Å². The lowest BCUT2D eigenvalue weighted by Gasteiger charge is -1.92. The Morgan fingerprint density at radius 1 is 1.50 bits per heavy atom. The number of rotatable bonds is 0. The van der Waals surface area contributed by atoms with Gasteiger partial charge in [0.25, 0.3) is 4.74 Å². The van der Waals surface area contributed by atoms with E-state index >= 15 is 0 Å². The van der Waals surface area contributed by atoms with Gasteiger partial charge in [0.05, 0.1) is 3.79 Å². The van der Waals surface area contributed by atoms with Crippen molar-refractivity contribution in [3.8, 4) is 5.75 Å². The molecule has 0 aliphatic heterocycles. The van der Waals surface area contributed by atoms with Gasteiger partial charge in [-0.2, -0.15) is 0 Å². The molecule has 54 valence electrons. The predicted octanol–water partition coefficient (Wildman–Crippen LogP) is 2.34. The van der Waals surface area contributed by atoms with E-state index < -0.39 is 0 Å². The molecule has 10 heavy (non-hydrogen) atoms. The minimum Gasteiger partial charge on any atom is -0.503 e. The molecule has 0 amide bonds. The molecule has 0 bridgehead atoms. The predicted molar refractivity (Wildman–Crippen MR) is 47.7 cm³/mol. The van der Waals surface area contributed by atoms with Crippen LogP contribution in [0.2, 0.25) is 0 Å². The van der Waals surface area contributed by atoms with Gasteiger partial charge in [0.2, 0.25) is 0 Å². The summed E-state index contributed by atoms with van der Waals surface area (Å²) < 4.78 is 1.04. The minimum absolute atomic E-state index is 0.222. The zero-order valence-corrected chi connectivity index (χ0v) is 8.59. The summed E-state index contributed by atoms with van der Waals surface area (Å²) in [6.45, 7) is 0. The van der Waals surface area contributed by atoms with Crippen molar-refractivity contribution in [1.82, 2.24) is 0 Å². The van der Waals surface area contributed by atoms with E-state index in [0.717, 1.165) is 11.3 Å². The Morgan fingerprint density at radius 2 is 2.10 bits per heavy atom. The van der Waals surface area contributed by atoms with Gasteiger partial charge in [-0.25, -0.2) is 0 Å². The normalized spacial score (nSPS) is 9.80. The lowest BCUT2D eigenvalue weighted by molar-refractivity contribution is 0.472. The van der Waals surface area contributed by atoms with Crippen LogP contribution in [0.15, 0.2) is 19.1 Å². The molecule has 0 unspecified atom stereocenters. The van der Waals surface area contributed by atoms with E-state index in [0.29, 0.717) is 8.26 Å². The van der Waals surface area contributed by atoms with Crippen LogP contribution in [-0.2, 0) is 0 Å². The lowest BCUT2D eigenvalue weighted by Crippen LogP contribution is -1.91. The summed E-state index contributed by atoms with van der Waals surface area (Å²) in [6.07, 6.45) is 0. The molecule has 0 saturated carbocycles. The fraction of sp³-hybridized carbons (Fsp3) is 0. The first-order chi connectivity index (χ1) is 4.61. The molecule has 0 saturated heterocycles. The van der Waals surface area contributed by atoms with Crippen LogP contribution in [0.5, 0.6) is 5.75 Å². The second-order valence-electron chi connectivity index (χ2n) is 1.54. The molecule has 1 N–H and O–H groups in total. The van der Waals surface area contributed by atoms with Crippen LogP contribution in [0, 0.1) is 0 Å². The first kappa shape index (κ1) is 8.23. The Morgan fingerprint density at radius 3 is 2.60 bits per heavy atom. The lowest BCUT2D eigenvalue weighted by atomic mass is 10.5. The topological polar surface area (TPSA) is 37.3 Å². The van der Waals surface area contributed by atoms with Crippen molar-refractivity contribution >= 4 is 43.2 Å². The fourth-order valence-electron chi connectivity index (χ4n) is 0.418. The highest BCUT2D eigenvalue weighted by molar-refractivity contribution is 9.13. The second kappa shape index (κ2) is 3.02. The summed E-state index contributed by atoms with van der Waals surface area (Å²) in [6, 6.07) is 1.36. The zero-order chi connectivity index (χ0) is 7.72. The van der Waals surface area contributed by atoms with Crippen LogP contribution in [0.25, 0.3) is 0 Å². The number of hydrogen-bond acceptors (Lipinski definition) is 3. The van der Waals surface area contributed by atoms with Crippen LogP contribution in [0.4, 0.5) is 0 Å². The highest BCUT2D eigenvalue weighted by Gasteiger charge is 2.02. The molecular weight excluding hydrogens is 284 g/mol. The maximum absolute atomic E-state index is 10.7. The Hall–Kier alpha value is 0.130. The molecule has 1 aromatic heterocycles. The highest BCUT2D eigenvalue weighted by Crippen LogP contribution is 2.26. The van der Waals surface area contributed by atoms with E-state index in [9.17, 15) is 4.79 Å². The summed E-state index contributed by atoms with van der Waals surface area (Å²) in [4.78, 5) is 10.7. The molecule has 1 aromatic rings. The van der Waals surface area contributed by atoms with Gasteiger partial charge in [-0.15, -0.1) is 0 Å². The van der Waals surface area contributed by atoms with Crippen LogP contribution < -0.4 is 4.74 Å². The average molecular weight is 286 g/mol. The average Bonchev–Trinajstić information content (AvgIpc) is 1.84. The van der Waals surface area contributed by atoms with E-state index in [-0.39, 0.29) is 10.5 Å². The van der Waals surface area contributed by atoms with Crippen LogP contribution in [0.3, 0.4) is 0 Å². The summed E-state index contributed by atoms with van der Waals surface area (Å²) >= 11 is 7.24. The van der Waals surface area contributed by atoms with Gasteiger partial charge in [-0.3, -0.25) is 4.79 Å². The monoisotopic (exact) mass is 284 g/mol. The first-order valence-corrected chi connectivity index (χ1v) is 4.69. The Balaban J connectivity index is 3.43. The van der Waals surface area contributed by atoms with E-state index in [1.807, 2.05) is 0 Å². The molecule has 2 nitrogen and oxygen atoms in total. The maximum Gasteiger partial charge on any atom is 0.275 e. The Labute approximate surface area is 77.8 Å². The minimum atomic E-state index is -0.338. The Kier molecular flexibility index (Phi) is 2.49. The zero-order valence-electron chi connectivity index (χ0n) is 4.60. The van der Waals surface area contributed by atoms with Gasteiger partial charge in [0.15, 0.2) is 5.75 Å². The van der Waals surface area contributed by atoms with Crippen LogP contribution in [0.1, 0.15) is 0 Å². The highest BCUT2D eigenvalue weighted by atomic mass is 79.9. The third kappa shape index (κ3) is 1.59. The summed E-state index contributed by atoms with van der Waals surface area (Å²) in [5, 5.41) is 8.87. The van der Waals surface area contributed by atoms with Crippen molar-refractivity contribution in [3.63, 3.8) is 0 Å². The van der Waals surface area contributed by atoms with Gasteiger partial charge in [-0.1, -0.05) is 11.3 Å². The standard InChI is InChI=1S/C5H2Br2O2S/c6-2-1-3(8)5(9)10-4(2)7/h1,8H. The molecule has 0 atom stereocenters.